The summed E-state index contributed by atoms with van der Waals surface area (Å²) < 4.78 is 0. The molecule has 5 heteroatoms. The second-order valence-corrected chi connectivity index (χ2v) is 4.79. The fraction of sp³-hybridized carbons (Fsp3) is 0.294. The van der Waals surface area contributed by atoms with Crippen LogP contribution in [-0.4, -0.2) is 36.3 Å². The molecule has 0 aromatic heterocycles. The molecule has 0 spiro atoms. The van der Waals surface area contributed by atoms with E-state index in [4.69, 9.17) is 5.73 Å². The summed E-state index contributed by atoms with van der Waals surface area (Å²) in [6.45, 7) is 4.78. The van der Waals surface area contributed by atoms with Crippen molar-refractivity contribution in [2.24, 2.45) is 5.73 Å². The SMILES string of the molecule is C#C.C=C/C=C\C=C1/CC2=C(CCN(C(=O)CN)C2)NC1=O. The first-order valence-electron chi connectivity index (χ1n) is 6.97. The molecule has 0 aromatic carbocycles. The Balaban J connectivity index is 0.00000116. The van der Waals surface area contributed by atoms with E-state index in [0.29, 0.717) is 31.5 Å². The Labute approximate surface area is 131 Å². The summed E-state index contributed by atoms with van der Waals surface area (Å²) in [6.07, 6.45) is 16.3. The van der Waals surface area contributed by atoms with Gasteiger partial charge in [-0.05, 0) is 5.57 Å². The summed E-state index contributed by atoms with van der Waals surface area (Å²) in [4.78, 5) is 25.3. The van der Waals surface area contributed by atoms with Crippen LogP contribution in [0.5, 0.6) is 0 Å². The third-order valence-electron chi connectivity index (χ3n) is 3.47. The molecule has 22 heavy (non-hydrogen) atoms. The molecule has 0 saturated heterocycles. The summed E-state index contributed by atoms with van der Waals surface area (Å²) in [6, 6.07) is 0. The zero-order chi connectivity index (χ0) is 16.5. The maximum Gasteiger partial charge on any atom is 0.251 e. The monoisotopic (exact) mass is 299 g/mol. The lowest BCUT2D eigenvalue weighted by molar-refractivity contribution is -0.129. The van der Waals surface area contributed by atoms with Crippen molar-refractivity contribution in [1.29, 1.82) is 0 Å². The van der Waals surface area contributed by atoms with Crippen LogP contribution in [0.25, 0.3) is 0 Å². The van der Waals surface area contributed by atoms with Crippen molar-refractivity contribution in [1.82, 2.24) is 10.2 Å². The molecule has 2 amide bonds. The predicted octanol–water partition coefficient (Wildman–Crippen LogP) is 0.869. The molecule has 0 unspecified atom stereocenters. The first-order valence-corrected chi connectivity index (χ1v) is 6.97. The molecule has 2 rings (SSSR count). The number of nitrogens with one attached hydrogen (secondary N) is 1. The molecule has 0 aliphatic carbocycles. The average Bonchev–Trinajstić information content (AvgIpc) is 2.56. The minimum atomic E-state index is -0.0592. The van der Waals surface area contributed by atoms with Crippen LogP contribution in [-0.2, 0) is 9.59 Å². The van der Waals surface area contributed by atoms with Crippen molar-refractivity contribution in [2.45, 2.75) is 12.8 Å². The van der Waals surface area contributed by atoms with Gasteiger partial charge in [-0.2, -0.15) is 0 Å². The standard InChI is InChI=1S/C15H19N3O2.C2H2/c1-2-3-4-5-11-8-12-10-18(14(19)9-16)7-6-13(12)17-15(11)20;1-2/h2-5H,1,6-10,16H2,(H,17,20);1-2H/b4-3-,11-5+;. The highest BCUT2D eigenvalue weighted by Gasteiger charge is 2.28. The number of allylic oxidation sites excluding steroid dienone is 4. The molecule has 0 fully saturated rings. The van der Waals surface area contributed by atoms with E-state index in [-0.39, 0.29) is 18.4 Å². The summed E-state index contributed by atoms with van der Waals surface area (Å²) in [5, 5.41) is 2.92. The zero-order valence-electron chi connectivity index (χ0n) is 12.5. The van der Waals surface area contributed by atoms with Crippen molar-refractivity contribution < 1.29 is 9.59 Å². The van der Waals surface area contributed by atoms with Gasteiger partial charge in [0.2, 0.25) is 5.91 Å². The Morgan fingerprint density at radius 1 is 1.41 bits per heavy atom. The fourth-order valence-electron chi connectivity index (χ4n) is 2.40. The molecule has 0 aromatic rings. The Morgan fingerprint density at radius 2 is 2.14 bits per heavy atom. The Bertz CT molecular complexity index is 568. The van der Waals surface area contributed by atoms with Gasteiger partial charge < -0.3 is 16.0 Å². The minimum absolute atomic E-state index is 0.0275. The molecular weight excluding hydrogens is 278 g/mol. The highest BCUT2D eigenvalue weighted by atomic mass is 16.2. The van der Waals surface area contributed by atoms with Crippen LogP contribution in [0.15, 0.2) is 47.7 Å². The van der Waals surface area contributed by atoms with E-state index in [9.17, 15) is 9.59 Å². The molecule has 2 heterocycles. The van der Waals surface area contributed by atoms with Gasteiger partial charge in [-0.1, -0.05) is 30.9 Å². The molecule has 5 nitrogen and oxygen atoms in total. The lowest BCUT2D eigenvalue weighted by Crippen LogP contribution is -2.44. The second kappa shape index (κ2) is 8.65. The fourth-order valence-corrected chi connectivity index (χ4v) is 2.40. The topological polar surface area (TPSA) is 75.4 Å². The van der Waals surface area contributed by atoms with Crippen molar-refractivity contribution in [2.75, 3.05) is 19.6 Å². The molecule has 3 N–H and O–H groups in total. The quantitative estimate of drug-likeness (QED) is 0.461. The number of rotatable bonds is 3. The molecule has 0 atom stereocenters. The third-order valence-corrected chi connectivity index (χ3v) is 3.47. The first-order chi connectivity index (χ1) is 10.7. The molecule has 0 bridgehead atoms. The number of hydrogen-bond donors (Lipinski definition) is 2. The summed E-state index contributed by atoms with van der Waals surface area (Å²) >= 11 is 0. The van der Waals surface area contributed by atoms with Crippen LogP contribution in [0.2, 0.25) is 0 Å². The Morgan fingerprint density at radius 3 is 2.77 bits per heavy atom. The van der Waals surface area contributed by atoms with Gasteiger partial charge >= 0.3 is 0 Å². The van der Waals surface area contributed by atoms with Crippen LogP contribution in [0, 0.1) is 12.8 Å². The van der Waals surface area contributed by atoms with Crippen LogP contribution >= 0.6 is 0 Å². The van der Waals surface area contributed by atoms with Crippen LogP contribution in [0.3, 0.4) is 0 Å². The normalized spacial score (nSPS) is 19.3. The zero-order valence-corrected chi connectivity index (χ0v) is 12.5. The van der Waals surface area contributed by atoms with Crippen LogP contribution < -0.4 is 11.1 Å². The van der Waals surface area contributed by atoms with Crippen molar-refractivity contribution >= 4 is 11.8 Å². The van der Waals surface area contributed by atoms with Crippen molar-refractivity contribution in [3.8, 4) is 12.8 Å². The van der Waals surface area contributed by atoms with Crippen molar-refractivity contribution in [3.05, 3.63) is 47.7 Å². The number of terminal acetylenes is 1. The number of nitrogens with zero attached hydrogens (tertiary/aromatic N) is 1. The largest absolute Gasteiger partial charge is 0.337 e. The average molecular weight is 299 g/mol. The van der Waals surface area contributed by atoms with Gasteiger partial charge in [0.15, 0.2) is 0 Å². The molecular formula is C17H21N3O2. The summed E-state index contributed by atoms with van der Waals surface area (Å²) in [7, 11) is 0. The van der Waals surface area contributed by atoms with Crippen LogP contribution in [0.1, 0.15) is 12.8 Å². The Kier molecular flexibility index (Phi) is 6.87. The van der Waals surface area contributed by atoms with E-state index >= 15 is 0 Å². The van der Waals surface area contributed by atoms with Gasteiger partial charge in [0.1, 0.15) is 0 Å². The summed E-state index contributed by atoms with van der Waals surface area (Å²) in [5.41, 5.74) is 8.15. The van der Waals surface area contributed by atoms with Gasteiger partial charge in [0, 0.05) is 37.2 Å². The molecule has 2 aliphatic rings. The molecule has 2 aliphatic heterocycles. The van der Waals surface area contributed by atoms with Gasteiger partial charge in [-0.3, -0.25) is 9.59 Å². The van der Waals surface area contributed by atoms with E-state index in [1.54, 1.807) is 29.2 Å². The lowest BCUT2D eigenvalue weighted by Gasteiger charge is -2.33. The number of hydrogen-bond acceptors (Lipinski definition) is 3. The molecule has 0 radical (unpaired) electrons. The van der Waals surface area contributed by atoms with Gasteiger partial charge in [-0.25, -0.2) is 0 Å². The second-order valence-electron chi connectivity index (χ2n) is 4.79. The van der Waals surface area contributed by atoms with Crippen LogP contribution in [0.4, 0.5) is 0 Å². The van der Waals surface area contributed by atoms with E-state index in [0.717, 1.165) is 11.3 Å². The van der Waals surface area contributed by atoms with Gasteiger partial charge in [-0.15, -0.1) is 12.8 Å². The van der Waals surface area contributed by atoms with E-state index < -0.39 is 0 Å². The van der Waals surface area contributed by atoms with Gasteiger partial charge in [0.25, 0.3) is 5.91 Å². The molecule has 0 saturated carbocycles. The van der Waals surface area contributed by atoms with Crippen molar-refractivity contribution in [3.63, 3.8) is 0 Å². The Hall–Kier alpha value is -2.58. The minimum Gasteiger partial charge on any atom is -0.337 e. The van der Waals surface area contributed by atoms with E-state index in [1.165, 1.54) is 0 Å². The molecule has 116 valence electrons. The predicted molar refractivity (Wildman–Crippen MR) is 87.3 cm³/mol. The highest BCUT2D eigenvalue weighted by molar-refractivity contribution is 5.97. The third kappa shape index (κ3) is 4.21. The first kappa shape index (κ1) is 17.5. The number of nitrogens with two attached hydrogens (primary N) is 1. The number of amides is 2. The number of carbonyl (C=O) groups excluding carboxylic acids is 2. The van der Waals surface area contributed by atoms with Gasteiger partial charge in [0.05, 0.1) is 6.54 Å². The number of carbonyl (C=O) groups is 2. The highest BCUT2D eigenvalue weighted by Crippen LogP contribution is 2.26. The maximum atomic E-state index is 11.9. The maximum absolute atomic E-state index is 11.9. The lowest BCUT2D eigenvalue weighted by atomic mass is 9.93. The van der Waals surface area contributed by atoms with E-state index in [2.05, 4.69) is 24.7 Å². The summed E-state index contributed by atoms with van der Waals surface area (Å²) in [5.74, 6) is -0.110. The van der Waals surface area contributed by atoms with E-state index in [1.807, 2.05) is 0 Å². The smallest absolute Gasteiger partial charge is 0.251 e.